The third kappa shape index (κ3) is 3.95. The van der Waals surface area contributed by atoms with Gasteiger partial charge in [-0.05, 0) is 19.1 Å². The molecule has 0 saturated heterocycles. The molecule has 2 rings (SSSR count). The number of halogens is 2. The Morgan fingerprint density at radius 2 is 2.05 bits per heavy atom. The van der Waals surface area contributed by atoms with Gasteiger partial charge >= 0.3 is 6.01 Å². The second kappa shape index (κ2) is 6.58. The first-order valence-corrected chi connectivity index (χ1v) is 6.65. The molecule has 0 saturated carbocycles. The van der Waals surface area contributed by atoms with Crippen LogP contribution >= 0.6 is 0 Å². The first-order valence-electron chi connectivity index (χ1n) is 6.65. The lowest BCUT2D eigenvalue weighted by Gasteiger charge is -2.11. The second-order valence-corrected chi connectivity index (χ2v) is 4.95. The smallest absolute Gasteiger partial charge is 0.322 e. The van der Waals surface area contributed by atoms with Crippen LogP contribution in [-0.4, -0.2) is 16.0 Å². The number of hydrogen-bond donors (Lipinski definition) is 1. The van der Waals surface area contributed by atoms with E-state index in [1.165, 1.54) is 12.1 Å². The Morgan fingerprint density at radius 1 is 1.29 bits per heavy atom. The number of aryl methyl sites for hydroxylation is 1. The summed E-state index contributed by atoms with van der Waals surface area (Å²) in [5, 5.41) is 3.26. The van der Waals surface area contributed by atoms with Crippen molar-refractivity contribution in [3.63, 3.8) is 0 Å². The van der Waals surface area contributed by atoms with Crippen LogP contribution in [0, 0.1) is 18.6 Å². The van der Waals surface area contributed by atoms with Crippen LogP contribution in [0.5, 0.6) is 11.8 Å². The fraction of sp³-hybridized carbons (Fsp3) is 0.333. The molecule has 0 fully saturated rings. The summed E-state index contributed by atoms with van der Waals surface area (Å²) in [5.41, 5.74) is 1.65. The van der Waals surface area contributed by atoms with E-state index in [2.05, 4.69) is 15.3 Å². The SMILES string of the molecule is Cc1nc(Oc2cccc(F)c2F)ncc1CNC(C)C. The van der Waals surface area contributed by atoms with Crippen LogP contribution < -0.4 is 10.1 Å². The average molecular weight is 293 g/mol. The van der Waals surface area contributed by atoms with Gasteiger partial charge in [-0.1, -0.05) is 19.9 Å². The highest BCUT2D eigenvalue weighted by molar-refractivity contribution is 5.28. The lowest BCUT2D eigenvalue weighted by molar-refractivity contribution is 0.391. The third-order valence-corrected chi connectivity index (χ3v) is 2.88. The van der Waals surface area contributed by atoms with E-state index in [0.29, 0.717) is 12.6 Å². The summed E-state index contributed by atoms with van der Waals surface area (Å²) in [7, 11) is 0. The lowest BCUT2D eigenvalue weighted by atomic mass is 10.2. The van der Waals surface area contributed by atoms with E-state index in [1.54, 1.807) is 6.20 Å². The average Bonchev–Trinajstić information content (AvgIpc) is 2.43. The van der Waals surface area contributed by atoms with Crippen LogP contribution in [0.15, 0.2) is 24.4 Å². The minimum Gasteiger partial charge on any atom is -0.421 e. The standard InChI is InChI=1S/C15H17F2N3O/c1-9(2)18-7-11-8-19-15(20-10(11)3)21-13-6-4-5-12(16)14(13)17/h4-6,8-9,18H,7H2,1-3H3. The fourth-order valence-corrected chi connectivity index (χ4v) is 1.67. The molecule has 1 heterocycles. The molecule has 0 aliphatic heterocycles. The maximum absolute atomic E-state index is 13.5. The number of benzene rings is 1. The molecule has 0 spiro atoms. The fourth-order valence-electron chi connectivity index (χ4n) is 1.67. The van der Waals surface area contributed by atoms with Gasteiger partial charge in [0.05, 0.1) is 0 Å². The molecular formula is C15H17F2N3O. The summed E-state index contributed by atoms with van der Waals surface area (Å²) in [4.78, 5) is 8.18. The van der Waals surface area contributed by atoms with Crippen molar-refractivity contribution in [1.82, 2.24) is 15.3 Å². The van der Waals surface area contributed by atoms with Gasteiger partial charge < -0.3 is 10.1 Å². The Labute approximate surface area is 122 Å². The summed E-state index contributed by atoms with van der Waals surface area (Å²) in [6.45, 7) is 6.53. The van der Waals surface area contributed by atoms with E-state index in [0.717, 1.165) is 17.3 Å². The Kier molecular flexibility index (Phi) is 4.80. The van der Waals surface area contributed by atoms with E-state index in [4.69, 9.17) is 4.74 Å². The van der Waals surface area contributed by atoms with Gasteiger partial charge in [0.2, 0.25) is 5.82 Å². The largest absolute Gasteiger partial charge is 0.421 e. The molecule has 0 atom stereocenters. The Balaban J connectivity index is 2.15. The zero-order valence-corrected chi connectivity index (χ0v) is 12.2. The monoisotopic (exact) mass is 293 g/mol. The van der Waals surface area contributed by atoms with Crippen LogP contribution in [0.1, 0.15) is 25.1 Å². The molecule has 0 amide bonds. The molecule has 6 heteroatoms. The zero-order chi connectivity index (χ0) is 15.4. The van der Waals surface area contributed by atoms with Crippen molar-refractivity contribution in [2.45, 2.75) is 33.4 Å². The molecular weight excluding hydrogens is 276 g/mol. The van der Waals surface area contributed by atoms with E-state index < -0.39 is 11.6 Å². The van der Waals surface area contributed by atoms with Crippen molar-refractivity contribution in [1.29, 1.82) is 0 Å². The summed E-state index contributed by atoms with van der Waals surface area (Å²) in [5.74, 6) is -2.26. The lowest BCUT2D eigenvalue weighted by Crippen LogP contribution is -2.22. The molecule has 0 aliphatic rings. The number of ether oxygens (including phenoxy) is 1. The number of aromatic nitrogens is 2. The van der Waals surface area contributed by atoms with Crippen molar-refractivity contribution in [2.24, 2.45) is 0 Å². The van der Waals surface area contributed by atoms with E-state index in [9.17, 15) is 8.78 Å². The molecule has 1 aromatic carbocycles. The van der Waals surface area contributed by atoms with Crippen LogP contribution in [-0.2, 0) is 6.54 Å². The van der Waals surface area contributed by atoms with Gasteiger partial charge in [0.15, 0.2) is 11.6 Å². The van der Waals surface area contributed by atoms with E-state index >= 15 is 0 Å². The second-order valence-electron chi connectivity index (χ2n) is 4.95. The predicted molar refractivity (Wildman–Crippen MR) is 75.2 cm³/mol. The highest BCUT2D eigenvalue weighted by Crippen LogP contribution is 2.23. The quantitative estimate of drug-likeness (QED) is 0.918. The molecule has 0 aliphatic carbocycles. The van der Waals surface area contributed by atoms with Crippen molar-refractivity contribution in [3.8, 4) is 11.8 Å². The number of nitrogens with zero attached hydrogens (tertiary/aromatic N) is 2. The Hall–Kier alpha value is -2.08. The van der Waals surface area contributed by atoms with Crippen LogP contribution in [0.4, 0.5) is 8.78 Å². The Bertz CT molecular complexity index is 632. The van der Waals surface area contributed by atoms with Gasteiger partial charge in [0, 0.05) is 30.0 Å². The van der Waals surface area contributed by atoms with Crippen LogP contribution in [0.3, 0.4) is 0 Å². The Morgan fingerprint density at radius 3 is 2.71 bits per heavy atom. The van der Waals surface area contributed by atoms with Crippen molar-refractivity contribution < 1.29 is 13.5 Å². The molecule has 0 radical (unpaired) electrons. The van der Waals surface area contributed by atoms with Gasteiger partial charge in [-0.25, -0.2) is 9.37 Å². The normalized spacial score (nSPS) is 11.0. The first-order chi connectivity index (χ1) is 9.97. The number of hydrogen-bond acceptors (Lipinski definition) is 4. The molecule has 112 valence electrons. The van der Waals surface area contributed by atoms with E-state index in [-0.39, 0.29) is 11.8 Å². The van der Waals surface area contributed by atoms with Crippen LogP contribution in [0.2, 0.25) is 0 Å². The first kappa shape index (κ1) is 15.3. The topological polar surface area (TPSA) is 47.0 Å². The van der Waals surface area contributed by atoms with Crippen molar-refractivity contribution in [2.75, 3.05) is 0 Å². The van der Waals surface area contributed by atoms with Crippen molar-refractivity contribution >= 4 is 0 Å². The van der Waals surface area contributed by atoms with Gasteiger partial charge in [-0.3, -0.25) is 0 Å². The van der Waals surface area contributed by atoms with E-state index in [1.807, 2.05) is 20.8 Å². The van der Waals surface area contributed by atoms with Crippen molar-refractivity contribution in [3.05, 3.63) is 47.3 Å². The molecule has 4 nitrogen and oxygen atoms in total. The van der Waals surface area contributed by atoms with Gasteiger partial charge in [0.25, 0.3) is 0 Å². The summed E-state index contributed by atoms with van der Waals surface area (Å²) in [6, 6.07) is 4.05. The molecule has 21 heavy (non-hydrogen) atoms. The molecule has 1 N–H and O–H groups in total. The summed E-state index contributed by atoms with van der Waals surface area (Å²) >= 11 is 0. The summed E-state index contributed by atoms with van der Waals surface area (Å²) < 4.78 is 31.8. The summed E-state index contributed by atoms with van der Waals surface area (Å²) in [6.07, 6.45) is 1.62. The molecule has 0 bridgehead atoms. The predicted octanol–water partition coefficient (Wildman–Crippen LogP) is 3.35. The zero-order valence-electron chi connectivity index (χ0n) is 12.2. The molecule has 2 aromatic rings. The van der Waals surface area contributed by atoms with Gasteiger partial charge in [-0.2, -0.15) is 9.37 Å². The molecule has 0 unspecified atom stereocenters. The van der Waals surface area contributed by atoms with Gasteiger partial charge in [0.1, 0.15) is 0 Å². The highest BCUT2D eigenvalue weighted by Gasteiger charge is 2.12. The highest BCUT2D eigenvalue weighted by atomic mass is 19.2. The minimum atomic E-state index is -1.05. The number of nitrogens with one attached hydrogen (secondary N) is 1. The minimum absolute atomic E-state index is 0.00898. The molecule has 1 aromatic heterocycles. The van der Waals surface area contributed by atoms with Crippen LogP contribution in [0.25, 0.3) is 0 Å². The number of rotatable bonds is 5. The van der Waals surface area contributed by atoms with Gasteiger partial charge in [-0.15, -0.1) is 0 Å². The maximum atomic E-state index is 13.5. The third-order valence-electron chi connectivity index (χ3n) is 2.88. The maximum Gasteiger partial charge on any atom is 0.322 e.